The lowest BCUT2D eigenvalue weighted by atomic mass is 9.93. The third kappa shape index (κ3) is 3.80. The molecule has 0 atom stereocenters. The van der Waals surface area contributed by atoms with Gasteiger partial charge in [-0.1, -0.05) is 5.16 Å². The SMILES string of the molecule is CNC1CCC(OCc2cc(COC)on2)CC1. The van der Waals surface area contributed by atoms with Gasteiger partial charge in [0.2, 0.25) is 0 Å². The maximum absolute atomic E-state index is 5.86. The maximum atomic E-state index is 5.86. The standard InChI is InChI=1S/C13H22N2O3/c1-14-10-3-5-12(6-4-10)17-8-11-7-13(9-16-2)18-15-11/h7,10,12,14H,3-6,8-9H2,1-2H3. The fourth-order valence-electron chi connectivity index (χ4n) is 2.36. The van der Waals surface area contributed by atoms with Crippen molar-refractivity contribution in [1.29, 1.82) is 0 Å². The second-order valence-electron chi connectivity index (χ2n) is 4.79. The monoisotopic (exact) mass is 254 g/mol. The molecule has 1 heterocycles. The van der Waals surface area contributed by atoms with Crippen LogP contribution in [-0.2, 0) is 22.7 Å². The molecule has 0 aromatic carbocycles. The molecule has 102 valence electrons. The number of aromatic nitrogens is 1. The summed E-state index contributed by atoms with van der Waals surface area (Å²) in [5.41, 5.74) is 0.845. The average Bonchev–Trinajstić information content (AvgIpc) is 2.85. The summed E-state index contributed by atoms with van der Waals surface area (Å²) in [7, 11) is 3.66. The van der Waals surface area contributed by atoms with Crippen LogP contribution < -0.4 is 5.32 Å². The van der Waals surface area contributed by atoms with Crippen molar-refractivity contribution in [3.8, 4) is 0 Å². The Hall–Kier alpha value is -0.910. The Kier molecular flexibility index (Phi) is 5.16. The van der Waals surface area contributed by atoms with Crippen molar-refractivity contribution in [3.05, 3.63) is 17.5 Å². The van der Waals surface area contributed by atoms with Gasteiger partial charge in [0.1, 0.15) is 12.3 Å². The van der Waals surface area contributed by atoms with E-state index in [9.17, 15) is 0 Å². The van der Waals surface area contributed by atoms with Crippen LogP contribution in [-0.4, -0.2) is 31.5 Å². The van der Waals surface area contributed by atoms with E-state index in [1.165, 1.54) is 12.8 Å². The molecule has 0 aliphatic heterocycles. The van der Waals surface area contributed by atoms with Gasteiger partial charge in [0.25, 0.3) is 0 Å². The summed E-state index contributed by atoms with van der Waals surface area (Å²) in [5, 5.41) is 7.28. The molecule has 1 aromatic rings. The van der Waals surface area contributed by atoms with Crippen LogP contribution in [0.4, 0.5) is 0 Å². The van der Waals surface area contributed by atoms with Gasteiger partial charge in [0.05, 0.1) is 12.7 Å². The Morgan fingerprint density at radius 3 is 2.78 bits per heavy atom. The van der Waals surface area contributed by atoms with Gasteiger partial charge in [-0.3, -0.25) is 0 Å². The van der Waals surface area contributed by atoms with Crippen molar-refractivity contribution in [2.24, 2.45) is 0 Å². The van der Waals surface area contributed by atoms with Crippen LogP contribution in [0.5, 0.6) is 0 Å². The molecule has 1 aliphatic carbocycles. The van der Waals surface area contributed by atoms with Crippen LogP contribution >= 0.6 is 0 Å². The zero-order valence-corrected chi connectivity index (χ0v) is 11.1. The first-order chi connectivity index (χ1) is 8.81. The highest BCUT2D eigenvalue weighted by Gasteiger charge is 2.20. The van der Waals surface area contributed by atoms with Gasteiger partial charge in [-0.15, -0.1) is 0 Å². The van der Waals surface area contributed by atoms with Crippen LogP contribution in [0.3, 0.4) is 0 Å². The molecular weight excluding hydrogens is 232 g/mol. The summed E-state index contributed by atoms with van der Waals surface area (Å²) in [5.74, 6) is 0.745. The third-order valence-corrected chi connectivity index (χ3v) is 3.44. The van der Waals surface area contributed by atoms with Gasteiger partial charge >= 0.3 is 0 Å². The first kappa shape index (κ1) is 13.5. The first-order valence-corrected chi connectivity index (χ1v) is 6.54. The van der Waals surface area contributed by atoms with Gasteiger partial charge in [0.15, 0.2) is 5.76 Å². The summed E-state index contributed by atoms with van der Waals surface area (Å²) >= 11 is 0. The zero-order valence-electron chi connectivity index (χ0n) is 11.1. The van der Waals surface area contributed by atoms with Crippen molar-refractivity contribution < 1.29 is 14.0 Å². The molecule has 0 spiro atoms. The smallest absolute Gasteiger partial charge is 0.162 e. The van der Waals surface area contributed by atoms with E-state index in [4.69, 9.17) is 14.0 Å². The number of nitrogens with zero attached hydrogens (tertiary/aromatic N) is 1. The molecule has 1 aromatic heterocycles. The van der Waals surface area contributed by atoms with Crippen LogP contribution in [0.25, 0.3) is 0 Å². The van der Waals surface area contributed by atoms with E-state index in [2.05, 4.69) is 10.5 Å². The number of nitrogens with one attached hydrogen (secondary N) is 1. The molecule has 1 saturated carbocycles. The van der Waals surface area contributed by atoms with Crippen molar-refractivity contribution in [2.45, 2.75) is 51.0 Å². The molecule has 0 saturated heterocycles. The van der Waals surface area contributed by atoms with E-state index in [1.807, 2.05) is 13.1 Å². The average molecular weight is 254 g/mol. The molecule has 5 heteroatoms. The fraction of sp³-hybridized carbons (Fsp3) is 0.769. The normalized spacial score (nSPS) is 24.3. The highest BCUT2D eigenvalue weighted by molar-refractivity contribution is 5.03. The molecule has 0 amide bonds. The number of methoxy groups -OCH3 is 1. The van der Waals surface area contributed by atoms with Crippen molar-refractivity contribution >= 4 is 0 Å². The van der Waals surface area contributed by atoms with E-state index in [0.717, 1.165) is 24.3 Å². The van der Waals surface area contributed by atoms with Gasteiger partial charge in [-0.05, 0) is 32.7 Å². The van der Waals surface area contributed by atoms with E-state index in [-0.39, 0.29) is 0 Å². The largest absolute Gasteiger partial charge is 0.377 e. The quantitative estimate of drug-likeness (QED) is 0.840. The van der Waals surface area contributed by atoms with E-state index >= 15 is 0 Å². The molecule has 0 unspecified atom stereocenters. The predicted molar refractivity (Wildman–Crippen MR) is 67.1 cm³/mol. The highest BCUT2D eigenvalue weighted by Crippen LogP contribution is 2.22. The van der Waals surface area contributed by atoms with Crippen LogP contribution in [0.1, 0.15) is 37.1 Å². The van der Waals surface area contributed by atoms with E-state index in [0.29, 0.717) is 25.4 Å². The maximum Gasteiger partial charge on any atom is 0.162 e. The molecule has 0 radical (unpaired) electrons. The first-order valence-electron chi connectivity index (χ1n) is 6.54. The second kappa shape index (κ2) is 6.87. The van der Waals surface area contributed by atoms with Gasteiger partial charge < -0.3 is 19.3 Å². The number of hydrogen-bond donors (Lipinski definition) is 1. The topological polar surface area (TPSA) is 56.5 Å². The van der Waals surface area contributed by atoms with Crippen LogP contribution in [0.15, 0.2) is 10.6 Å². The van der Waals surface area contributed by atoms with Gasteiger partial charge in [0, 0.05) is 19.2 Å². The Balaban J connectivity index is 1.71. The Bertz CT molecular complexity index is 346. The summed E-state index contributed by atoms with van der Waals surface area (Å²) in [4.78, 5) is 0. The van der Waals surface area contributed by atoms with Crippen LogP contribution in [0, 0.1) is 0 Å². The summed E-state index contributed by atoms with van der Waals surface area (Å²) in [6.07, 6.45) is 4.98. The van der Waals surface area contributed by atoms with Crippen molar-refractivity contribution in [2.75, 3.05) is 14.2 Å². The fourth-order valence-corrected chi connectivity index (χ4v) is 2.36. The van der Waals surface area contributed by atoms with E-state index in [1.54, 1.807) is 7.11 Å². The molecule has 1 N–H and O–H groups in total. The lowest BCUT2D eigenvalue weighted by Gasteiger charge is -2.27. The third-order valence-electron chi connectivity index (χ3n) is 3.44. The van der Waals surface area contributed by atoms with Crippen molar-refractivity contribution in [1.82, 2.24) is 10.5 Å². The Morgan fingerprint density at radius 1 is 1.33 bits per heavy atom. The molecular formula is C13H22N2O3. The predicted octanol–water partition coefficient (Wildman–Crippen LogP) is 1.87. The van der Waals surface area contributed by atoms with Gasteiger partial charge in [-0.2, -0.15) is 0 Å². The molecule has 5 nitrogen and oxygen atoms in total. The van der Waals surface area contributed by atoms with Gasteiger partial charge in [-0.25, -0.2) is 0 Å². The van der Waals surface area contributed by atoms with Crippen molar-refractivity contribution in [3.63, 3.8) is 0 Å². The Labute approximate surface area is 108 Å². The number of ether oxygens (including phenoxy) is 2. The minimum atomic E-state index is 0.358. The molecule has 2 rings (SSSR count). The lowest BCUT2D eigenvalue weighted by Crippen LogP contribution is -2.32. The highest BCUT2D eigenvalue weighted by atomic mass is 16.5. The van der Waals surface area contributed by atoms with E-state index < -0.39 is 0 Å². The van der Waals surface area contributed by atoms with Crippen LogP contribution in [0.2, 0.25) is 0 Å². The number of rotatable bonds is 6. The molecule has 1 fully saturated rings. The number of hydrogen-bond acceptors (Lipinski definition) is 5. The molecule has 0 bridgehead atoms. The minimum Gasteiger partial charge on any atom is -0.377 e. The lowest BCUT2D eigenvalue weighted by molar-refractivity contribution is 0.00926. The minimum absolute atomic E-state index is 0.358. The summed E-state index contributed by atoms with van der Waals surface area (Å²) in [6, 6.07) is 2.55. The zero-order chi connectivity index (χ0) is 12.8. The summed E-state index contributed by atoms with van der Waals surface area (Å²) < 4.78 is 16.0. The molecule has 18 heavy (non-hydrogen) atoms. The summed E-state index contributed by atoms with van der Waals surface area (Å²) in [6.45, 7) is 0.988. The molecule has 1 aliphatic rings. The Morgan fingerprint density at radius 2 is 2.11 bits per heavy atom. The second-order valence-corrected chi connectivity index (χ2v) is 4.79.